The Balaban J connectivity index is 2.60. The van der Waals surface area contributed by atoms with E-state index >= 15 is 0 Å². The van der Waals surface area contributed by atoms with Crippen LogP contribution in [0.2, 0.25) is 0 Å². The van der Waals surface area contributed by atoms with Crippen molar-refractivity contribution in [2.75, 3.05) is 0 Å². The van der Waals surface area contributed by atoms with Gasteiger partial charge in [-0.05, 0) is 35.1 Å². The van der Waals surface area contributed by atoms with Gasteiger partial charge in [0, 0.05) is 0 Å². The lowest BCUT2D eigenvalue weighted by Gasteiger charge is -2.02. The van der Waals surface area contributed by atoms with Crippen LogP contribution in [0, 0.1) is 0 Å². The minimum Gasteiger partial charge on any atom is -0.138 e. The highest BCUT2D eigenvalue weighted by molar-refractivity contribution is 7.12. The van der Waals surface area contributed by atoms with Gasteiger partial charge in [-0.1, -0.05) is 24.4 Å². The first-order valence-corrected chi connectivity index (χ1v) is 4.77. The average Bonchev–Trinajstić information content (AvgIpc) is 2.49. The van der Waals surface area contributed by atoms with Crippen molar-refractivity contribution in [2.24, 2.45) is 0 Å². The molecule has 3 heteroatoms. The van der Waals surface area contributed by atoms with Gasteiger partial charge < -0.3 is 0 Å². The predicted octanol–water partition coefficient (Wildman–Crippen LogP) is 2.81. The van der Waals surface area contributed by atoms with Gasteiger partial charge in [0.1, 0.15) is 5.52 Å². The zero-order valence-corrected chi connectivity index (χ0v) is 7.93. The fraction of sp³-hybridized carbons (Fsp3) is 0.333. The molecule has 0 aliphatic heterocycles. The van der Waals surface area contributed by atoms with Crippen LogP contribution in [0.25, 0.3) is 10.2 Å². The van der Waals surface area contributed by atoms with E-state index < -0.39 is 0 Å². The van der Waals surface area contributed by atoms with E-state index in [4.69, 9.17) is 0 Å². The van der Waals surface area contributed by atoms with Crippen LogP contribution in [0.5, 0.6) is 0 Å². The summed E-state index contributed by atoms with van der Waals surface area (Å²) in [5.74, 6) is 0.580. The molecule has 0 atom stereocenters. The van der Waals surface area contributed by atoms with Gasteiger partial charge >= 0.3 is 0 Å². The topological polar surface area (TPSA) is 25.8 Å². The molecule has 62 valence electrons. The Morgan fingerprint density at radius 2 is 2.17 bits per heavy atom. The zero-order chi connectivity index (χ0) is 8.55. The third-order valence-electron chi connectivity index (χ3n) is 1.94. The molecule has 0 N–H and O–H groups in total. The fourth-order valence-corrected chi connectivity index (χ4v) is 1.76. The Morgan fingerprint density at radius 3 is 2.92 bits per heavy atom. The summed E-state index contributed by atoms with van der Waals surface area (Å²) in [7, 11) is 0. The lowest BCUT2D eigenvalue weighted by molar-refractivity contribution is 0.869. The molecule has 0 spiro atoms. The minimum absolute atomic E-state index is 0.580. The van der Waals surface area contributed by atoms with Crippen LogP contribution in [0.1, 0.15) is 25.3 Å². The van der Waals surface area contributed by atoms with Gasteiger partial charge in [0.25, 0.3) is 0 Å². The number of hydrogen-bond acceptors (Lipinski definition) is 3. The van der Waals surface area contributed by atoms with Crippen LogP contribution in [0.4, 0.5) is 0 Å². The summed E-state index contributed by atoms with van der Waals surface area (Å²) in [5.41, 5.74) is 2.36. The Morgan fingerprint density at radius 1 is 1.33 bits per heavy atom. The Labute approximate surface area is 75.4 Å². The molecule has 2 aromatic rings. The lowest BCUT2D eigenvalue weighted by Crippen LogP contribution is -1.84. The number of nitrogens with zero attached hydrogens (tertiary/aromatic N) is 2. The van der Waals surface area contributed by atoms with Crippen molar-refractivity contribution >= 4 is 21.7 Å². The van der Waals surface area contributed by atoms with Crippen LogP contribution < -0.4 is 0 Å². The molecular formula is C9H10N2S. The highest BCUT2D eigenvalue weighted by Gasteiger charge is 2.02. The van der Waals surface area contributed by atoms with E-state index in [1.165, 1.54) is 21.8 Å². The van der Waals surface area contributed by atoms with Crippen molar-refractivity contribution in [1.29, 1.82) is 0 Å². The molecule has 0 unspecified atom stereocenters. The highest BCUT2D eigenvalue weighted by atomic mass is 32.1. The zero-order valence-electron chi connectivity index (χ0n) is 7.11. The maximum absolute atomic E-state index is 3.99. The third-order valence-corrected chi connectivity index (χ3v) is 2.63. The Bertz CT molecular complexity index is 392. The number of aromatic nitrogens is 2. The second-order valence-electron chi connectivity index (χ2n) is 3.15. The average molecular weight is 178 g/mol. The summed E-state index contributed by atoms with van der Waals surface area (Å²) in [5, 5.41) is 3.99. The molecule has 0 aliphatic rings. The van der Waals surface area contributed by atoms with Gasteiger partial charge in [-0.15, -0.1) is 5.10 Å². The van der Waals surface area contributed by atoms with Gasteiger partial charge in [0.05, 0.1) is 4.70 Å². The van der Waals surface area contributed by atoms with Gasteiger partial charge in [-0.3, -0.25) is 0 Å². The van der Waals surface area contributed by atoms with Crippen molar-refractivity contribution in [2.45, 2.75) is 19.8 Å². The lowest BCUT2D eigenvalue weighted by atomic mass is 10.0. The van der Waals surface area contributed by atoms with Gasteiger partial charge in [0.2, 0.25) is 0 Å². The van der Waals surface area contributed by atoms with Crippen LogP contribution in [-0.4, -0.2) is 9.59 Å². The summed E-state index contributed by atoms with van der Waals surface area (Å²) in [6.45, 7) is 4.38. The number of benzene rings is 1. The van der Waals surface area contributed by atoms with Crippen LogP contribution in [-0.2, 0) is 0 Å². The molecule has 0 aliphatic carbocycles. The van der Waals surface area contributed by atoms with Gasteiger partial charge in [-0.25, -0.2) is 0 Å². The predicted molar refractivity (Wildman–Crippen MR) is 51.5 cm³/mol. The van der Waals surface area contributed by atoms with Gasteiger partial charge in [-0.2, -0.15) is 0 Å². The van der Waals surface area contributed by atoms with Crippen LogP contribution in [0.3, 0.4) is 0 Å². The molecule has 12 heavy (non-hydrogen) atoms. The molecule has 0 bridgehead atoms. The standard InChI is InChI=1S/C9H10N2S/c1-6(2)7-3-4-8-9(5-7)12-11-10-8/h3-6H,1-2H3. The summed E-state index contributed by atoms with van der Waals surface area (Å²) in [6.07, 6.45) is 0. The van der Waals surface area contributed by atoms with Gasteiger partial charge in [0.15, 0.2) is 0 Å². The van der Waals surface area contributed by atoms with E-state index in [0.29, 0.717) is 5.92 Å². The van der Waals surface area contributed by atoms with Crippen molar-refractivity contribution in [3.8, 4) is 0 Å². The van der Waals surface area contributed by atoms with Crippen molar-refractivity contribution in [3.05, 3.63) is 23.8 Å². The second-order valence-corrected chi connectivity index (χ2v) is 3.94. The van der Waals surface area contributed by atoms with Crippen molar-refractivity contribution in [3.63, 3.8) is 0 Å². The van der Waals surface area contributed by atoms with E-state index in [1.54, 1.807) is 0 Å². The summed E-state index contributed by atoms with van der Waals surface area (Å²) in [4.78, 5) is 0. The first kappa shape index (κ1) is 7.68. The minimum atomic E-state index is 0.580. The first-order valence-electron chi connectivity index (χ1n) is 3.99. The largest absolute Gasteiger partial charge is 0.138 e. The normalized spacial score (nSPS) is 11.2. The monoisotopic (exact) mass is 178 g/mol. The molecule has 0 saturated carbocycles. The smallest absolute Gasteiger partial charge is 0.105 e. The van der Waals surface area contributed by atoms with Crippen molar-refractivity contribution in [1.82, 2.24) is 9.59 Å². The number of fused-ring (bicyclic) bond motifs is 1. The molecule has 0 saturated heterocycles. The molecule has 2 nitrogen and oxygen atoms in total. The van der Waals surface area contributed by atoms with Crippen LogP contribution in [0.15, 0.2) is 18.2 Å². The maximum atomic E-state index is 3.99. The molecule has 1 aromatic heterocycles. The Kier molecular flexibility index (Phi) is 1.81. The highest BCUT2D eigenvalue weighted by Crippen LogP contribution is 2.21. The van der Waals surface area contributed by atoms with E-state index in [2.05, 4.69) is 35.6 Å². The molecule has 0 radical (unpaired) electrons. The number of rotatable bonds is 1. The second kappa shape index (κ2) is 2.83. The summed E-state index contributed by atoms with van der Waals surface area (Å²) >= 11 is 1.46. The summed E-state index contributed by atoms with van der Waals surface area (Å²) in [6, 6.07) is 6.33. The first-order chi connectivity index (χ1) is 5.77. The molecule has 0 fully saturated rings. The maximum Gasteiger partial charge on any atom is 0.105 e. The molecule has 1 aromatic carbocycles. The number of hydrogen-bond donors (Lipinski definition) is 0. The van der Waals surface area contributed by atoms with E-state index in [-0.39, 0.29) is 0 Å². The summed E-state index contributed by atoms with van der Waals surface area (Å²) < 4.78 is 5.08. The molecular weight excluding hydrogens is 168 g/mol. The third kappa shape index (κ3) is 1.20. The quantitative estimate of drug-likeness (QED) is 0.671. The molecule has 0 amide bonds. The van der Waals surface area contributed by atoms with Crippen LogP contribution >= 0.6 is 11.5 Å². The molecule has 1 heterocycles. The SMILES string of the molecule is CC(C)c1ccc2nnsc2c1. The van der Waals surface area contributed by atoms with E-state index in [0.717, 1.165) is 5.52 Å². The Hall–Kier alpha value is -0.960. The van der Waals surface area contributed by atoms with E-state index in [1.807, 2.05) is 6.07 Å². The van der Waals surface area contributed by atoms with E-state index in [9.17, 15) is 0 Å². The fourth-order valence-electron chi connectivity index (χ4n) is 1.15. The molecule has 2 rings (SSSR count). The van der Waals surface area contributed by atoms with Crippen molar-refractivity contribution < 1.29 is 0 Å².